The number of benzene rings is 2. The number of carbonyl (C=O) groups is 1. The zero-order valence-corrected chi connectivity index (χ0v) is 10.6. The summed E-state index contributed by atoms with van der Waals surface area (Å²) < 4.78 is 44.7. The summed E-state index contributed by atoms with van der Waals surface area (Å²) in [6.45, 7) is 1.15. The molecule has 0 N–H and O–H groups in total. The lowest BCUT2D eigenvalue weighted by Crippen LogP contribution is -2.00. The van der Waals surface area contributed by atoms with Gasteiger partial charge >= 0.3 is 0 Å². The summed E-state index contributed by atoms with van der Waals surface area (Å²) in [5, 5.41) is 0. The zero-order chi connectivity index (χ0) is 14.7. The van der Waals surface area contributed by atoms with Gasteiger partial charge in [0, 0.05) is 11.6 Å². The van der Waals surface area contributed by atoms with Gasteiger partial charge < -0.3 is 4.74 Å². The van der Waals surface area contributed by atoms with Crippen molar-refractivity contribution in [3.8, 4) is 5.75 Å². The quantitative estimate of drug-likeness (QED) is 0.794. The first-order chi connectivity index (χ1) is 9.45. The van der Waals surface area contributed by atoms with Crippen molar-refractivity contribution >= 4 is 5.78 Å². The van der Waals surface area contributed by atoms with Crippen LogP contribution in [0.5, 0.6) is 5.75 Å². The van der Waals surface area contributed by atoms with Crippen molar-refractivity contribution in [3.05, 3.63) is 65.0 Å². The van der Waals surface area contributed by atoms with E-state index >= 15 is 0 Å². The lowest BCUT2D eigenvalue weighted by molar-refractivity contribution is 0.101. The average molecular weight is 280 g/mol. The van der Waals surface area contributed by atoms with Gasteiger partial charge in [0.1, 0.15) is 18.2 Å². The second-order valence-corrected chi connectivity index (χ2v) is 4.27. The fourth-order valence-electron chi connectivity index (χ4n) is 1.69. The Hall–Kier alpha value is -2.30. The van der Waals surface area contributed by atoms with Crippen LogP contribution in [0.25, 0.3) is 0 Å². The van der Waals surface area contributed by atoms with Crippen molar-refractivity contribution in [2.75, 3.05) is 0 Å². The van der Waals surface area contributed by atoms with Gasteiger partial charge in [-0.1, -0.05) is 0 Å². The van der Waals surface area contributed by atoms with Crippen LogP contribution >= 0.6 is 0 Å². The van der Waals surface area contributed by atoms with Gasteiger partial charge in [-0.15, -0.1) is 0 Å². The van der Waals surface area contributed by atoms with E-state index in [0.717, 1.165) is 24.3 Å². The Bertz CT molecular complexity index is 633. The molecule has 0 bridgehead atoms. The molecule has 0 aliphatic heterocycles. The van der Waals surface area contributed by atoms with Crippen LogP contribution in [0.3, 0.4) is 0 Å². The Morgan fingerprint density at radius 1 is 1.05 bits per heavy atom. The van der Waals surface area contributed by atoms with Gasteiger partial charge in [-0.05, 0) is 42.8 Å². The minimum Gasteiger partial charge on any atom is -0.486 e. The standard InChI is InChI=1S/C15H11F3O2/c1-9(19)11-2-3-15(14(18)6-11)20-8-10-4-12(16)7-13(17)5-10/h2-7H,8H2,1H3. The molecule has 2 rings (SSSR count). The molecule has 2 nitrogen and oxygen atoms in total. The van der Waals surface area contributed by atoms with E-state index in [0.29, 0.717) is 0 Å². The van der Waals surface area contributed by atoms with Gasteiger partial charge in [0.25, 0.3) is 0 Å². The minimum absolute atomic E-state index is 0.0836. The SMILES string of the molecule is CC(=O)c1ccc(OCc2cc(F)cc(F)c2)c(F)c1. The normalized spacial score (nSPS) is 10.4. The van der Waals surface area contributed by atoms with Crippen LogP contribution in [0.1, 0.15) is 22.8 Å². The summed E-state index contributed by atoms with van der Waals surface area (Å²) in [6, 6.07) is 6.74. The molecule has 0 heterocycles. The van der Waals surface area contributed by atoms with E-state index in [1.807, 2.05) is 0 Å². The van der Waals surface area contributed by atoms with Crippen molar-refractivity contribution < 1.29 is 22.7 Å². The number of rotatable bonds is 4. The van der Waals surface area contributed by atoms with Crippen molar-refractivity contribution in [1.29, 1.82) is 0 Å². The number of ketones is 1. The van der Waals surface area contributed by atoms with Gasteiger partial charge in [0.2, 0.25) is 0 Å². The maximum atomic E-state index is 13.6. The van der Waals surface area contributed by atoms with Crippen LogP contribution in [0.4, 0.5) is 13.2 Å². The predicted molar refractivity (Wildman–Crippen MR) is 67.1 cm³/mol. The van der Waals surface area contributed by atoms with Gasteiger partial charge in [-0.2, -0.15) is 0 Å². The van der Waals surface area contributed by atoms with Crippen molar-refractivity contribution in [2.45, 2.75) is 13.5 Å². The molecule has 0 saturated carbocycles. The van der Waals surface area contributed by atoms with Crippen LogP contribution in [0, 0.1) is 17.5 Å². The number of carbonyl (C=O) groups excluding carboxylic acids is 1. The number of ether oxygens (including phenoxy) is 1. The molecular weight excluding hydrogens is 269 g/mol. The molecule has 0 unspecified atom stereocenters. The van der Waals surface area contributed by atoms with Crippen LogP contribution < -0.4 is 4.74 Å². The third-order valence-corrected chi connectivity index (χ3v) is 2.66. The van der Waals surface area contributed by atoms with Crippen LogP contribution in [0.2, 0.25) is 0 Å². The Kier molecular flexibility index (Phi) is 4.08. The van der Waals surface area contributed by atoms with E-state index in [1.165, 1.54) is 19.1 Å². The molecule has 0 spiro atoms. The van der Waals surface area contributed by atoms with E-state index in [1.54, 1.807) is 0 Å². The predicted octanol–water partition coefficient (Wildman–Crippen LogP) is 3.89. The van der Waals surface area contributed by atoms with Crippen LogP contribution in [-0.4, -0.2) is 5.78 Å². The summed E-state index contributed by atoms with van der Waals surface area (Å²) in [5.74, 6) is -2.50. The second kappa shape index (κ2) is 5.77. The highest BCUT2D eigenvalue weighted by Gasteiger charge is 2.08. The molecule has 0 atom stereocenters. The molecule has 0 aliphatic carbocycles. The van der Waals surface area contributed by atoms with E-state index in [9.17, 15) is 18.0 Å². The largest absolute Gasteiger partial charge is 0.486 e. The van der Waals surface area contributed by atoms with Gasteiger partial charge in [-0.25, -0.2) is 13.2 Å². The van der Waals surface area contributed by atoms with Crippen LogP contribution in [0.15, 0.2) is 36.4 Å². The molecule has 0 amide bonds. The highest BCUT2D eigenvalue weighted by molar-refractivity contribution is 5.94. The van der Waals surface area contributed by atoms with E-state index in [-0.39, 0.29) is 29.3 Å². The fourth-order valence-corrected chi connectivity index (χ4v) is 1.69. The molecule has 2 aromatic rings. The fraction of sp³-hybridized carbons (Fsp3) is 0.133. The highest BCUT2D eigenvalue weighted by Crippen LogP contribution is 2.20. The van der Waals surface area contributed by atoms with E-state index in [4.69, 9.17) is 4.74 Å². The van der Waals surface area contributed by atoms with Gasteiger partial charge in [-0.3, -0.25) is 4.79 Å². The molecule has 5 heteroatoms. The van der Waals surface area contributed by atoms with Crippen molar-refractivity contribution in [3.63, 3.8) is 0 Å². The summed E-state index contributed by atoms with van der Waals surface area (Å²) in [7, 11) is 0. The smallest absolute Gasteiger partial charge is 0.165 e. The lowest BCUT2D eigenvalue weighted by Gasteiger charge is -2.08. The summed E-state index contributed by atoms with van der Waals surface area (Å²) in [4.78, 5) is 11.1. The Labute approximate surface area is 113 Å². The molecule has 0 radical (unpaired) electrons. The first-order valence-electron chi connectivity index (χ1n) is 5.84. The van der Waals surface area contributed by atoms with Crippen LogP contribution in [-0.2, 0) is 6.61 Å². The second-order valence-electron chi connectivity index (χ2n) is 4.27. The molecule has 20 heavy (non-hydrogen) atoms. The molecular formula is C15H11F3O2. The first-order valence-corrected chi connectivity index (χ1v) is 5.84. The molecule has 0 aromatic heterocycles. The van der Waals surface area contributed by atoms with Gasteiger partial charge in [0.15, 0.2) is 17.3 Å². The average Bonchev–Trinajstić information content (AvgIpc) is 2.36. The molecule has 0 saturated heterocycles. The summed E-state index contributed by atoms with van der Waals surface area (Å²) >= 11 is 0. The van der Waals surface area contributed by atoms with Crippen molar-refractivity contribution in [2.24, 2.45) is 0 Å². The third kappa shape index (κ3) is 3.38. The maximum absolute atomic E-state index is 13.6. The number of Topliss-reactive ketones (excluding diaryl/α,β-unsaturated/α-hetero) is 1. The zero-order valence-electron chi connectivity index (χ0n) is 10.6. The molecule has 2 aromatic carbocycles. The molecule has 104 valence electrons. The minimum atomic E-state index is -0.726. The first kappa shape index (κ1) is 14.1. The molecule has 0 aliphatic rings. The molecule has 0 fully saturated rings. The van der Waals surface area contributed by atoms with E-state index in [2.05, 4.69) is 0 Å². The van der Waals surface area contributed by atoms with E-state index < -0.39 is 17.5 Å². The van der Waals surface area contributed by atoms with Crippen molar-refractivity contribution in [1.82, 2.24) is 0 Å². The third-order valence-electron chi connectivity index (χ3n) is 2.66. The number of halogens is 3. The van der Waals surface area contributed by atoms with Gasteiger partial charge in [0.05, 0.1) is 0 Å². The number of hydrogen-bond acceptors (Lipinski definition) is 2. The Balaban J connectivity index is 2.12. The monoisotopic (exact) mass is 280 g/mol. The lowest BCUT2D eigenvalue weighted by atomic mass is 10.1. The number of hydrogen-bond donors (Lipinski definition) is 0. The summed E-state index contributed by atoms with van der Waals surface area (Å²) in [5.41, 5.74) is 0.476. The Morgan fingerprint density at radius 2 is 1.70 bits per heavy atom. The topological polar surface area (TPSA) is 26.3 Å². The Morgan fingerprint density at radius 3 is 2.25 bits per heavy atom. The maximum Gasteiger partial charge on any atom is 0.165 e. The highest BCUT2D eigenvalue weighted by atomic mass is 19.1. The summed E-state index contributed by atoms with van der Waals surface area (Å²) in [6.07, 6.45) is 0.